The van der Waals surface area contributed by atoms with Crippen LogP contribution in [0.25, 0.3) is 0 Å². The first-order valence-electron chi connectivity index (χ1n) is 7.91. The molecule has 2 heterocycles. The fraction of sp³-hybridized carbons (Fsp3) is 0.375. The van der Waals surface area contributed by atoms with Gasteiger partial charge in [0.15, 0.2) is 0 Å². The number of hydrogen-bond acceptors (Lipinski definition) is 6. The van der Waals surface area contributed by atoms with E-state index in [4.69, 9.17) is 9.88 Å². The Bertz CT molecular complexity index is 830. The first-order valence-corrected chi connectivity index (χ1v) is 9.62. The second-order valence-electron chi connectivity index (χ2n) is 6.03. The lowest BCUT2D eigenvalue weighted by Gasteiger charge is -2.32. The minimum absolute atomic E-state index is 0.0464. The Morgan fingerprint density at radius 1 is 1.28 bits per heavy atom. The smallest absolute Gasteiger partial charge is 0.228 e. The van der Waals surface area contributed by atoms with Crippen molar-refractivity contribution in [3.8, 4) is 11.6 Å². The van der Waals surface area contributed by atoms with Crippen molar-refractivity contribution in [1.82, 2.24) is 9.97 Å². The number of nitrogens with zero attached hydrogens (tertiary/aromatic N) is 3. The van der Waals surface area contributed by atoms with Gasteiger partial charge in [-0.2, -0.15) is 4.98 Å². The first kappa shape index (κ1) is 17.6. The van der Waals surface area contributed by atoms with Crippen molar-refractivity contribution < 1.29 is 17.5 Å². The summed E-state index contributed by atoms with van der Waals surface area (Å²) in [7, 11) is -3.50. The number of primary sulfonamides is 1. The average Bonchev–Trinajstić information content (AvgIpc) is 2.56. The topological polar surface area (TPSA) is 98.4 Å². The van der Waals surface area contributed by atoms with Gasteiger partial charge in [-0.1, -0.05) is 0 Å². The molecule has 1 aromatic carbocycles. The molecule has 1 fully saturated rings. The molecular weight excluding hydrogens is 347 g/mol. The molecule has 0 aliphatic carbocycles. The van der Waals surface area contributed by atoms with E-state index < -0.39 is 10.0 Å². The van der Waals surface area contributed by atoms with Crippen LogP contribution in [0.15, 0.2) is 36.5 Å². The molecule has 0 spiro atoms. The van der Waals surface area contributed by atoms with Crippen LogP contribution in [-0.4, -0.2) is 37.2 Å². The lowest BCUT2D eigenvalue weighted by atomic mass is 10.0. The van der Waals surface area contributed by atoms with E-state index in [2.05, 4.69) is 9.97 Å². The zero-order valence-corrected chi connectivity index (χ0v) is 14.3. The van der Waals surface area contributed by atoms with E-state index in [0.717, 1.165) is 19.4 Å². The lowest BCUT2D eigenvalue weighted by molar-refractivity contribution is 0.432. The highest BCUT2D eigenvalue weighted by Gasteiger charge is 2.25. The van der Waals surface area contributed by atoms with Crippen LogP contribution in [0.4, 0.5) is 10.3 Å². The molecule has 2 aromatic rings. The molecule has 1 atom stereocenters. The minimum Gasteiger partial charge on any atom is -0.439 e. The Morgan fingerprint density at radius 3 is 2.76 bits per heavy atom. The van der Waals surface area contributed by atoms with Crippen LogP contribution in [0.3, 0.4) is 0 Å². The number of benzene rings is 1. The highest BCUT2D eigenvalue weighted by molar-refractivity contribution is 7.89. The predicted octanol–water partition coefficient (Wildman–Crippen LogP) is 1.91. The van der Waals surface area contributed by atoms with Crippen molar-refractivity contribution in [2.45, 2.75) is 12.8 Å². The summed E-state index contributed by atoms with van der Waals surface area (Å²) in [5.74, 6) is 0.842. The maximum atomic E-state index is 12.9. The Hall–Kier alpha value is -2.26. The number of anilines is 1. The summed E-state index contributed by atoms with van der Waals surface area (Å²) in [5, 5.41) is 5.15. The fourth-order valence-corrected chi connectivity index (χ4v) is 3.81. The quantitative estimate of drug-likeness (QED) is 0.868. The van der Waals surface area contributed by atoms with Crippen LogP contribution in [0, 0.1) is 11.7 Å². The van der Waals surface area contributed by atoms with Gasteiger partial charge in [0.05, 0.1) is 5.75 Å². The summed E-state index contributed by atoms with van der Waals surface area (Å²) in [6.07, 6.45) is 3.22. The molecule has 0 bridgehead atoms. The molecule has 1 aromatic heterocycles. The monoisotopic (exact) mass is 366 g/mol. The van der Waals surface area contributed by atoms with Crippen molar-refractivity contribution in [2.24, 2.45) is 11.1 Å². The molecule has 25 heavy (non-hydrogen) atoms. The number of rotatable bonds is 5. The van der Waals surface area contributed by atoms with Gasteiger partial charge in [-0.25, -0.2) is 22.9 Å². The third-order valence-electron chi connectivity index (χ3n) is 3.92. The third-order valence-corrected chi connectivity index (χ3v) is 4.86. The van der Waals surface area contributed by atoms with Crippen LogP contribution >= 0.6 is 0 Å². The second-order valence-corrected chi connectivity index (χ2v) is 7.69. The number of piperidine rings is 1. The van der Waals surface area contributed by atoms with E-state index in [1.165, 1.54) is 24.3 Å². The van der Waals surface area contributed by atoms with Gasteiger partial charge in [0, 0.05) is 25.4 Å². The van der Waals surface area contributed by atoms with Crippen molar-refractivity contribution >= 4 is 16.0 Å². The molecule has 1 aliphatic rings. The summed E-state index contributed by atoms with van der Waals surface area (Å²) >= 11 is 0. The summed E-state index contributed by atoms with van der Waals surface area (Å²) < 4.78 is 41.2. The van der Waals surface area contributed by atoms with Gasteiger partial charge in [-0.3, -0.25) is 0 Å². The van der Waals surface area contributed by atoms with E-state index in [-0.39, 0.29) is 17.5 Å². The Morgan fingerprint density at radius 2 is 2.04 bits per heavy atom. The van der Waals surface area contributed by atoms with E-state index in [9.17, 15) is 12.8 Å². The van der Waals surface area contributed by atoms with Crippen LogP contribution in [0.5, 0.6) is 11.6 Å². The maximum Gasteiger partial charge on any atom is 0.228 e. The van der Waals surface area contributed by atoms with Gasteiger partial charge >= 0.3 is 0 Å². The summed E-state index contributed by atoms with van der Waals surface area (Å²) in [4.78, 5) is 10.5. The molecule has 1 unspecified atom stereocenters. The number of hydrogen-bond donors (Lipinski definition) is 1. The average molecular weight is 366 g/mol. The van der Waals surface area contributed by atoms with E-state index in [0.29, 0.717) is 24.1 Å². The lowest BCUT2D eigenvalue weighted by Crippen LogP contribution is -2.40. The summed E-state index contributed by atoms with van der Waals surface area (Å²) in [6.45, 7) is 1.26. The maximum absolute atomic E-state index is 12.9. The Labute approximate surface area is 145 Å². The normalized spacial score (nSPS) is 18.2. The van der Waals surface area contributed by atoms with E-state index >= 15 is 0 Å². The zero-order chi connectivity index (χ0) is 17.9. The highest BCUT2D eigenvalue weighted by atomic mass is 32.2. The molecule has 0 saturated carbocycles. The van der Waals surface area contributed by atoms with Crippen LogP contribution in [0.1, 0.15) is 12.8 Å². The number of aromatic nitrogens is 2. The molecule has 2 N–H and O–H groups in total. The van der Waals surface area contributed by atoms with Gasteiger partial charge in [0.1, 0.15) is 11.6 Å². The van der Waals surface area contributed by atoms with E-state index in [1.807, 2.05) is 4.90 Å². The standard InChI is InChI=1S/C16H19FN4O3S/c17-13-3-5-14(6-4-13)24-15-7-8-19-16(20-15)21-9-1-2-12(10-21)11-25(18,22)23/h3-8,12H,1-2,9-11H2,(H2,18,22,23). The predicted molar refractivity (Wildman–Crippen MR) is 91.4 cm³/mol. The molecule has 9 heteroatoms. The van der Waals surface area contributed by atoms with Crippen LogP contribution < -0.4 is 14.8 Å². The van der Waals surface area contributed by atoms with Crippen molar-refractivity contribution in [3.63, 3.8) is 0 Å². The minimum atomic E-state index is -3.50. The molecule has 7 nitrogen and oxygen atoms in total. The van der Waals surface area contributed by atoms with Gasteiger partial charge in [-0.15, -0.1) is 0 Å². The van der Waals surface area contributed by atoms with Crippen molar-refractivity contribution in [1.29, 1.82) is 0 Å². The third kappa shape index (κ3) is 5.10. The van der Waals surface area contributed by atoms with Gasteiger partial charge in [0.25, 0.3) is 0 Å². The van der Waals surface area contributed by atoms with Crippen molar-refractivity contribution in [3.05, 3.63) is 42.3 Å². The van der Waals surface area contributed by atoms with Crippen molar-refractivity contribution in [2.75, 3.05) is 23.7 Å². The van der Waals surface area contributed by atoms with Crippen LogP contribution in [0.2, 0.25) is 0 Å². The number of sulfonamides is 1. The zero-order valence-electron chi connectivity index (χ0n) is 13.5. The van der Waals surface area contributed by atoms with Gasteiger partial charge in [-0.05, 0) is 43.0 Å². The molecule has 3 rings (SSSR count). The number of nitrogens with two attached hydrogens (primary N) is 1. The highest BCUT2D eigenvalue weighted by Crippen LogP contribution is 2.24. The number of halogens is 1. The molecule has 1 saturated heterocycles. The molecule has 134 valence electrons. The fourth-order valence-electron chi connectivity index (χ4n) is 2.88. The van der Waals surface area contributed by atoms with Gasteiger partial charge in [0.2, 0.25) is 21.9 Å². The summed E-state index contributed by atoms with van der Waals surface area (Å²) in [5.41, 5.74) is 0. The van der Waals surface area contributed by atoms with Crippen LogP contribution in [-0.2, 0) is 10.0 Å². The second kappa shape index (κ2) is 7.32. The molecule has 0 amide bonds. The van der Waals surface area contributed by atoms with Gasteiger partial charge < -0.3 is 9.64 Å². The first-order chi connectivity index (χ1) is 11.9. The molecule has 0 radical (unpaired) electrons. The molecular formula is C16H19FN4O3S. The largest absolute Gasteiger partial charge is 0.439 e. The SMILES string of the molecule is NS(=O)(=O)CC1CCCN(c2nccc(Oc3ccc(F)cc3)n2)C1. The number of ether oxygens (including phenoxy) is 1. The Balaban J connectivity index is 1.71. The summed E-state index contributed by atoms with van der Waals surface area (Å²) in [6, 6.07) is 7.25. The molecule has 1 aliphatic heterocycles. The van der Waals surface area contributed by atoms with E-state index in [1.54, 1.807) is 12.3 Å². The Kier molecular flexibility index (Phi) is 5.14.